The lowest BCUT2D eigenvalue weighted by molar-refractivity contribution is 0.262. The van der Waals surface area contributed by atoms with Gasteiger partial charge in [0, 0.05) is 29.8 Å². The monoisotopic (exact) mass is 415 g/mol. The Labute approximate surface area is 179 Å². The van der Waals surface area contributed by atoms with Crippen molar-refractivity contribution in [2.24, 2.45) is 0 Å². The van der Waals surface area contributed by atoms with Crippen LogP contribution in [-0.2, 0) is 0 Å². The van der Waals surface area contributed by atoms with E-state index in [4.69, 9.17) is 9.47 Å². The van der Waals surface area contributed by atoms with Crippen LogP contribution in [0.3, 0.4) is 0 Å². The minimum absolute atomic E-state index is 0.343. The Morgan fingerprint density at radius 1 is 0.839 bits per heavy atom. The van der Waals surface area contributed by atoms with E-state index in [1.165, 1.54) is 0 Å². The molecule has 0 unspecified atom stereocenters. The van der Waals surface area contributed by atoms with E-state index in [-0.39, 0.29) is 6.03 Å². The number of hydrogen-bond acceptors (Lipinski definition) is 5. The average molecular weight is 415 g/mol. The van der Waals surface area contributed by atoms with Crippen LogP contribution in [0.2, 0.25) is 0 Å². The van der Waals surface area contributed by atoms with Gasteiger partial charge in [-0.05, 0) is 73.7 Å². The summed E-state index contributed by atoms with van der Waals surface area (Å²) in [6, 6.07) is 21.2. The first-order chi connectivity index (χ1) is 15.2. The molecule has 2 heterocycles. The number of ether oxygens (including phenoxy) is 2. The van der Waals surface area contributed by atoms with Gasteiger partial charge in [0.2, 0.25) is 5.88 Å². The van der Waals surface area contributed by atoms with Crippen molar-refractivity contribution in [3.63, 3.8) is 0 Å². The van der Waals surface area contributed by atoms with Gasteiger partial charge in [-0.25, -0.2) is 4.79 Å². The number of rotatable bonds is 7. The first-order valence-corrected chi connectivity index (χ1v) is 9.75. The Morgan fingerprint density at radius 3 is 2.00 bits per heavy atom. The molecule has 0 atom stereocenters. The third-order valence-corrected chi connectivity index (χ3v) is 4.25. The zero-order valence-corrected chi connectivity index (χ0v) is 16.9. The number of benzene rings is 2. The molecule has 0 aliphatic rings. The largest absolute Gasteiger partial charge is 0.494 e. The van der Waals surface area contributed by atoms with Crippen molar-refractivity contribution in [3.8, 4) is 23.2 Å². The Hall–Kier alpha value is -4.33. The molecule has 0 aliphatic heterocycles. The molecule has 0 saturated carbocycles. The third kappa shape index (κ3) is 5.39. The molecule has 31 heavy (non-hydrogen) atoms. The van der Waals surface area contributed by atoms with Gasteiger partial charge >= 0.3 is 6.03 Å². The molecule has 8 heteroatoms. The fourth-order valence-electron chi connectivity index (χ4n) is 2.81. The lowest BCUT2D eigenvalue weighted by Gasteiger charge is -2.10. The zero-order valence-electron chi connectivity index (χ0n) is 16.9. The normalized spacial score (nSPS) is 10.4. The summed E-state index contributed by atoms with van der Waals surface area (Å²) in [6.45, 7) is 2.52. The molecule has 8 nitrogen and oxygen atoms in total. The van der Waals surface area contributed by atoms with Crippen LogP contribution >= 0.6 is 0 Å². The highest BCUT2D eigenvalue weighted by atomic mass is 16.5. The molecule has 0 spiro atoms. The lowest BCUT2D eigenvalue weighted by Crippen LogP contribution is -2.19. The van der Waals surface area contributed by atoms with Crippen LogP contribution in [0.25, 0.3) is 5.82 Å². The third-order valence-electron chi connectivity index (χ3n) is 4.25. The number of aromatic nitrogens is 3. The minimum Gasteiger partial charge on any atom is -0.494 e. The van der Waals surface area contributed by atoms with E-state index in [0.29, 0.717) is 35.4 Å². The fraction of sp³-hybridized carbons (Fsp3) is 0.0870. The summed E-state index contributed by atoms with van der Waals surface area (Å²) in [4.78, 5) is 12.2. The second kappa shape index (κ2) is 9.45. The molecule has 0 radical (unpaired) electrons. The van der Waals surface area contributed by atoms with Gasteiger partial charge in [-0.3, -0.25) is 0 Å². The van der Waals surface area contributed by atoms with Gasteiger partial charge in [-0.2, -0.15) is 0 Å². The number of carbonyl (C=O) groups is 1. The van der Waals surface area contributed by atoms with Crippen molar-refractivity contribution >= 4 is 17.4 Å². The first kappa shape index (κ1) is 20.0. The van der Waals surface area contributed by atoms with Gasteiger partial charge in [0.05, 0.1) is 6.61 Å². The predicted octanol–water partition coefficient (Wildman–Crippen LogP) is 5.10. The van der Waals surface area contributed by atoms with Crippen LogP contribution < -0.4 is 20.1 Å². The van der Waals surface area contributed by atoms with E-state index >= 15 is 0 Å². The SMILES string of the molecule is CCOc1ccc(NC(=O)Nc2ccc(Oc3ccc(-n4cccc4)nn3)cc2)cc1. The predicted molar refractivity (Wildman–Crippen MR) is 118 cm³/mol. The second-order valence-electron chi connectivity index (χ2n) is 6.48. The van der Waals surface area contributed by atoms with E-state index in [1.807, 2.05) is 42.1 Å². The maximum absolute atomic E-state index is 12.2. The van der Waals surface area contributed by atoms with E-state index in [1.54, 1.807) is 54.6 Å². The van der Waals surface area contributed by atoms with Gasteiger partial charge in [-0.1, -0.05) is 0 Å². The molecular formula is C23H21N5O3. The molecule has 4 rings (SSSR count). The number of urea groups is 1. The van der Waals surface area contributed by atoms with Crippen molar-refractivity contribution in [1.82, 2.24) is 14.8 Å². The summed E-state index contributed by atoms with van der Waals surface area (Å²) < 4.78 is 13.0. The lowest BCUT2D eigenvalue weighted by atomic mass is 10.3. The zero-order chi connectivity index (χ0) is 21.5. The van der Waals surface area contributed by atoms with Crippen molar-refractivity contribution in [2.45, 2.75) is 6.92 Å². The van der Waals surface area contributed by atoms with E-state index in [0.717, 1.165) is 5.75 Å². The smallest absolute Gasteiger partial charge is 0.323 e. The summed E-state index contributed by atoms with van der Waals surface area (Å²) in [7, 11) is 0. The van der Waals surface area contributed by atoms with Crippen LogP contribution in [0, 0.1) is 0 Å². The van der Waals surface area contributed by atoms with Crippen LogP contribution in [0.4, 0.5) is 16.2 Å². The van der Waals surface area contributed by atoms with Gasteiger partial charge in [-0.15, -0.1) is 10.2 Å². The quantitative estimate of drug-likeness (QED) is 0.438. The summed E-state index contributed by atoms with van der Waals surface area (Å²) >= 11 is 0. The molecule has 156 valence electrons. The first-order valence-electron chi connectivity index (χ1n) is 9.75. The van der Waals surface area contributed by atoms with E-state index in [9.17, 15) is 4.79 Å². The molecule has 4 aromatic rings. The molecule has 2 aromatic carbocycles. The van der Waals surface area contributed by atoms with Crippen molar-refractivity contribution in [3.05, 3.63) is 85.2 Å². The fourth-order valence-corrected chi connectivity index (χ4v) is 2.81. The van der Waals surface area contributed by atoms with Crippen LogP contribution in [-0.4, -0.2) is 27.4 Å². The van der Waals surface area contributed by atoms with E-state index < -0.39 is 0 Å². The number of amides is 2. The van der Waals surface area contributed by atoms with Gasteiger partial charge in [0.15, 0.2) is 5.82 Å². The molecule has 0 bridgehead atoms. The Morgan fingerprint density at radius 2 is 1.45 bits per heavy atom. The van der Waals surface area contributed by atoms with Crippen LogP contribution in [0.15, 0.2) is 85.2 Å². The summed E-state index contributed by atoms with van der Waals surface area (Å²) in [6.07, 6.45) is 3.78. The van der Waals surface area contributed by atoms with Crippen LogP contribution in [0.5, 0.6) is 17.4 Å². The standard InChI is InChI=1S/C23H21N5O3/c1-2-30-19-9-5-17(6-10-19)24-23(29)25-18-7-11-20(12-8-18)31-22-14-13-21(26-27-22)28-15-3-4-16-28/h3-16H,2H2,1H3,(H2,24,25,29). The summed E-state index contributed by atoms with van der Waals surface area (Å²) in [5.41, 5.74) is 1.30. The molecule has 2 N–H and O–H groups in total. The molecule has 2 aromatic heterocycles. The number of nitrogens with one attached hydrogen (secondary N) is 2. The highest BCUT2D eigenvalue weighted by molar-refractivity contribution is 5.99. The number of hydrogen-bond donors (Lipinski definition) is 2. The number of anilines is 2. The van der Waals surface area contributed by atoms with Crippen LogP contribution in [0.1, 0.15) is 6.92 Å². The number of carbonyl (C=O) groups excluding carboxylic acids is 1. The van der Waals surface area contributed by atoms with E-state index in [2.05, 4.69) is 20.8 Å². The maximum atomic E-state index is 12.2. The summed E-state index contributed by atoms with van der Waals surface area (Å²) in [5, 5.41) is 13.8. The average Bonchev–Trinajstić information content (AvgIpc) is 3.32. The second-order valence-corrected chi connectivity index (χ2v) is 6.48. The molecule has 2 amide bonds. The topological polar surface area (TPSA) is 90.3 Å². The molecular weight excluding hydrogens is 394 g/mol. The number of nitrogens with zero attached hydrogens (tertiary/aromatic N) is 3. The van der Waals surface area contributed by atoms with Crippen molar-refractivity contribution in [1.29, 1.82) is 0 Å². The molecule has 0 saturated heterocycles. The summed E-state index contributed by atoms with van der Waals surface area (Å²) in [5.74, 6) is 2.42. The highest BCUT2D eigenvalue weighted by Gasteiger charge is 2.05. The molecule has 0 aliphatic carbocycles. The van der Waals surface area contributed by atoms with Crippen molar-refractivity contribution < 1.29 is 14.3 Å². The van der Waals surface area contributed by atoms with Crippen molar-refractivity contribution in [2.75, 3.05) is 17.2 Å². The maximum Gasteiger partial charge on any atom is 0.323 e. The Bertz CT molecular complexity index is 1110. The Balaban J connectivity index is 1.31. The Kier molecular flexibility index (Phi) is 6.08. The van der Waals surface area contributed by atoms with Gasteiger partial charge in [0.1, 0.15) is 11.5 Å². The van der Waals surface area contributed by atoms with Gasteiger partial charge in [0.25, 0.3) is 0 Å². The van der Waals surface area contributed by atoms with Gasteiger partial charge < -0.3 is 24.7 Å². The minimum atomic E-state index is -0.343. The molecule has 0 fully saturated rings. The highest BCUT2D eigenvalue weighted by Crippen LogP contribution is 2.22.